The monoisotopic (exact) mass is 550 g/mol. The molecule has 3 heterocycles. The summed E-state index contributed by atoms with van der Waals surface area (Å²) in [6, 6.07) is 6.49. The van der Waals surface area contributed by atoms with Gasteiger partial charge >= 0.3 is 6.03 Å². The second-order valence-corrected chi connectivity index (χ2v) is 11.1. The molecule has 2 saturated heterocycles. The SMILES string of the molecule is CC1(c2ccc3c(c2)OCCO3)NC(=O)N(CC(=O)N2CCN(S(=O)(=O)c3ccc(F)c(F)c3)CC2)C1=O. The van der Waals surface area contributed by atoms with Crippen LogP contribution in [-0.2, 0) is 25.2 Å². The number of urea groups is 1. The summed E-state index contributed by atoms with van der Waals surface area (Å²) < 4.78 is 64.5. The maximum absolute atomic E-state index is 13.6. The molecular weight excluding hydrogens is 526 g/mol. The fourth-order valence-corrected chi connectivity index (χ4v) is 6.02. The van der Waals surface area contributed by atoms with Gasteiger partial charge in [-0.25, -0.2) is 22.0 Å². The molecule has 2 aromatic carbocycles. The number of benzene rings is 2. The highest BCUT2D eigenvalue weighted by Crippen LogP contribution is 2.37. The van der Waals surface area contributed by atoms with Crippen LogP contribution < -0.4 is 14.8 Å². The molecule has 11 nitrogen and oxygen atoms in total. The first-order valence-corrected chi connectivity index (χ1v) is 13.2. The van der Waals surface area contributed by atoms with Crippen molar-refractivity contribution in [1.82, 2.24) is 19.4 Å². The summed E-state index contributed by atoms with van der Waals surface area (Å²) in [6.07, 6.45) is 0. The van der Waals surface area contributed by atoms with Crippen LogP contribution in [0.1, 0.15) is 12.5 Å². The van der Waals surface area contributed by atoms with E-state index < -0.39 is 56.5 Å². The van der Waals surface area contributed by atoms with Gasteiger partial charge in [0.1, 0.15) is 25.3 Å². The molecule has 202 valence electrons. The van der Waals surface area contributed by atoms with Gasteiger partial charge in [-0.05, 0) is 42.8 Å². The Hall–Kier alpha value is -3.78. The fourth-order valence-electron chi connectivity index (χ4n) is 4.59. The summed E-state index contributed by atoms with van der Waals surface area (Å²) in [5, 5.41) is 2.64. The number of nitrogens with zero attached hydrogens (tertiary/aromatic N) is 3. The Bertz CT molecular complexity index is 1430. The molecule has 2 aromatic rings. The Morgan fingerprint density at radius 1 is 0.974 bits per heavy atom. The molecule has 1 unspecified atom stereocenters. The van der Waals surface area contributed by atoms with E-state index in [0.717, 1.165) is 21.3 Å². The van der Waals surface area contributed by atoms with Gasteiger partial charge in [0.15, 0.2) is 23.1 Å². The van der Waals surface area contributed by atoms with Crippen LogP contribution in [0.4, 0.5) is 13.6 Å². The van der Waals surface area contributed by atoms with Gasteiger partial charge in [0, 0.05) is 26.2 Å². The number of imide groups is 1. The van der Waals surface area contributed by atoms with Gasteiger partial charge in [-0.3, -0.25) is 14.5 Å². The Balaban J connectivity index is 1.23. The highest BCUT2D eigenvalue weighted by Gasteiger charge is 2.50. The van der Waals surface area contributed by atoms with Crippen molar-refractivity contribution < 1.29 is 41.1 Å². The third-order valence-corrected chi connectivity index (χ3v) is 8.70. The van der Waals surface area contributed by atoms with Crippen LogP contribution in [-0.4, -0.2) is 86.3 Å². The molecule has 0 bridgehead atoms. The fraction of sp³-hybridized carbons (Fsp3) is 0.375. The molecular formula is C24H24F2N4O7S. The Kier molecular flexibility index (Phi) is 6.47. The molecule has 2 fully saturated rings. The number of carbonyl (C=O) groups excluding carboxylic acids is 3. The first kappa shape index (κ1) is 25.9. The van der Waals surface area contributed by atoms with E-state index in [1.807, 2.05) is 0 Å². The lowest BCUT2D eigenvalue weighted by Crippen LogP contribution is -2.53. The smallest absolute Gasteiger partial charge is 0.325 e. The number of halogens is 2. The molecule has 1 atom stereocenters. The molecule has 38 heavy (non-hydrogen) atoms. The average molecular weight is 551 g/mol. The lowest BCUT2D eigenvalue weighted by Gasteiger charge is -2.34. The van der Waals surface area contributed by atoms with Crippen LogP contribution in [0.5, 0.6) is 11.5 Å². The van der Waals surface area contributed by atoms with Gasteiger partial charge < -0.3 is 19.7 Å². The molecule has 0 aliphatic carbocycles. The van der Waals surface area contributed by atoms with Crippen LogP contribution in [0.2, 0.25) is 0 Å². The maximum Gasteiger partial charge on any atom is 0.325 e. The van der Waals surface area contributed by atoms with Crippen molar-refractivity contribution in [2.75, 3.05) is 45.9 Å². The molecule has 4 amide bonds. The number of ether oxygens (including phenoxy) is 2. The molecule has 1 N–H and O–H groups in total. The van der Waals surface area contributed by atoms with E-state index in [-0.39, 0.29) is 26.2 Å². The zero-order valence-corrected chi connectivity index (χ0v) is 21.1. The zero-order valence-electron chi connectivity index (χ0n) is 20.3. The second-order valence-electron chi connectivity index (χ2n) is 9.17. The van der Waals surface area contributed by atoms with E-state index in [4.69, 9.17) is 9.47 Å². The van der Waals surface area contributed by atoms with Gasteiger partial charge in [0.25, 0.3) is 5.91 Å². The number of hydrogen-bond donors (Lipinski definition) is 1. The minimum atomic E-state index is -4.10. The minimum Gasteiger partial charge on any atom is -0.486 e. The average Bonchev–Trinajstić information content (AvgIpc) is 3.13. The summed E-state index contributed by atoms with van der Waals surface area (Å²) in [5.74, 6) is -2.63. The highest BCUT2D eigenvalue weighted by atomic mass is 32.2. The standard InChI is InChI=1S/C24H24F2N4O7S/c1-24(15-2-5-19-20(12-15)37-11-10-36-19)22(32)30(23(33)27-24)14-21(31)28-6-8-29(9-7-28)38(34,35)16-3-4-17(25)18(26)13-16/h2-5,12-13H,6-11,14H2,1H3,(H,27,33). The van der Waals surface area contributed by atoms with Crippen molar-refractivity contribution >= 4 is 27.9 Å². The summed E-state index contributed by atoms with van der Waals surface area (Å²) in [4.78, 5) is 40.7. The van der Waals surface area contributed by atoms with Crippen LogP contribution in [0, 0.1) is 11.6 Å². The summed E-state index contributed by atoms with van der Waals surface area (Å²) in [6.45, 7) is 1.55. The van der Waals surface area contributed by atoms with E-state index in [9.17, 15) is 31.6 Å². The number of sulfonamides is 1. The lowest BCUT2D eigenvalue weighted by molar-refractivity contribution is -0.139. The van der Waals surface area contributed by atoms with Gasteiger partial charge in [-0.2, -0.15) is 4.31 Å². The number of fused-ring (bicyclic) bond motifs is 1. The Morgan fingerprint density at radius 2 is 1.66 bits per heavy atom. The second kappa shape index (κ2) is 9.51. The summed E-state index contributed by atoms with van der Waals surface area (Å²) in [5.41, 5.74) is -0.962. The van der Waals surface area contributed by atoms with Gasteiger partial charge in [-0.15, -0.1) is 0 Å². The molecule has 3 aliphatic rings. The number of carbonyl (C=O) groups is 3. The van der Waals surface area contributed by atoms with Gasteiger partial charge in [-0.1, -0.05) is 6.07 Å². The normalized spacial score (nSPS) is 22.0. The molecule has 0 radical (unpaired) electrons. The maximum atomic E-state index is 13.6. The van der Waals surface area contributed by atoms with Crippen molar-refractivity contribution in [1.29, 1.82) is 0 Å². The minimum absolute atomic E-state index is 0.00911. The lowest BCUT2D eigenvalue weighted by atomic mass is 9.91. The molecule has 0 saturated carbocycles. The van der Waals surface area contributed by atoms with Crippen molar-refractivity contribution in [3.8, 4) is 11.5 Å². The van der Waals surface area contributed by atoms with Crippen LogP contribution in [0.25, 0.3) is 0 Å². The van der Waals surface area contributed by atoms with E-state index in [2.05, 4.69) is 5.32 Å². The molecule has 0 spiro atoms. The zero-order chi connectivity index (χ0) is 27.2. The van der Waals surface area contributed by atoms with E-state index in [1.165, 1.54) is 11.8 Å². The third-order valence-electron chi connectivity index (χ3n) is 6.81. The molecule has 14 heteroatoms. The van der Waals surface area contributed by atoms with E-state index in [0.29, 0.717) is 36.3 Å². The third kappa shape index (κ3) is 4.43. The van der Waals surface area contributed by atoms with Crippen molar-refractivity contribution in [3.63, 3.8) is 0 Å². The number of hydrogen-bond acceptors (Lipinski definition) is 7. The first-order chi connectivity index (χ1) is 18.0. The van der Waals surface area contributed by atoms with Gasteiger partial charge in [0.2, 0.25) is 15.9 Å². The van der Waals surface area contributed by atoms with Crippen LogP contribution in [0.15, 0.2) is 41.3 Å². The predicted octanol–water partition coefficient (Wildman–Crippen LogP) is 1.04. The topological polar surface area (TPSA) is 126 Å². The van der Waals surface area contributed by atoms with Crippen molar-refractivity contribution in [2.24, 2.45) is 0 Å². The van der Waals surface area contributed by atoms with Crippen molar-refractivity contribution in [3.05, 3.63) is 53.6 Å². The molecule has 3 aliphatic heterocycles. The summed E-state index contributed by atoms with van der Waals surface area (Å²) in [7, 11) is -4.10. The quantitative estimate of drug-likeness (QED) is 0.552. The number of amides is 4. The van der Waals surface area contributed by atoms with E-state index in [1.54, 1.807) is 18.2 Å². The molecule has 5 rings (SSSR count). The number of rotatable bonds is 5. The first-order valence-electron chi connectivity index (χ1n) is 11.8. The highest BCUT2D eigenvalue weighted by molar-refractivity contribution is 7.89. The van der Waals surface area contributed by atoms with Crippen LogP contribution >= 0.6 is 0 Å². The van der Waals surface area contributed by atoms with Crippen LogP contribution in [0.3, 0.4) is 0 Å². The Morgan fingerprint density at radius 3 is 2.34 bits per heavy atom. The largest absolute Gasteiger partial charge is 0.486 e. The van der Waals surface area contributed by atoms with Crippen molar-refractivity contribution in [2.45, 2.75) is 17.4 Å². The van der Waals surface area contributed by atoms with E-state index >= 15 is 0 Å². The molecule has 0 aromatic heterocycles. The number of nitrogens with one attached hydrogen (secondary N) is 1. The Labute approximate surface area is 216 Å². The summed E-state index contributed by atoms with van der Waals surface area (Å²) >= 11 is 0. The number of piperazine rings is 1. The predicted molar refractivity (Wildman–Crippen MR) is 127 cm³/mol. The van der Waals surface area contributed by atoms with Gasteiger partial charge in [0.05, 0.1) is 4.90 Å².